The Bertz CT molecular complexity index is 141. The van der Waals surface area contributed by atoms with Gasteiger partial charge in [-0.25, -0.2) is 0 Å². The largest absolute Gasteiger partial charge is 0.388 e. The van der Waals surface area contributed by atoms with Crippen LogP contribution in [0.25, 0.3) is 0 Å². The molecule has 1 aliphatic rings. The molecule has 0 aromatic heterocycles. The standard InChI is InChI=1S/C11H23NO/c1-2-3-7-10(12)11(13)8-5-4-6-9-11/h10,13H,2-9,12H2,1H3. The molecule has 3 N–H and O–H groups in total. The summed E-state index contributed by atoms with van der Waals surface area (Å²) in [4.78, 5) is 0. The van der Waals surface area contributed by atoms with Crippen molar-refractivity contribution in [2.45, 2.75) is 69.9 Å². The number of hydrogen-bond donors (Lipinski definition) is 2. The van der Waals surface area contributed by atoms with Crippen LogP contribution in [-0.2, 0) is 0 Å². The number of hydrogen-bond acceptors (Lipinski definition) is 2. The smallest absolute Gasteiger partial charge is 0.0797 e. The molecule has 1 saturated carbocycles. The zero-order valence-corrected chi connectivity index (χ0v) is 8.76. The van der Waals surface area contributed by atoms with Crippen molar-refractivity contribution < 1.29 is 5.11 Å². The van der Waals surface area contributed by atoms with Crippen LogP contribution in [0.1, 0.15) is 58.3 Å². The summed E-state index contributed by atoms with van der Waals surface area (Å²) in [6.07, 6.45) is 8.69. The molecule has 0 aliphatic heterocycles. The maximum atomic E-state index is 10.2. The summed E-state index contributed by atoms with van der Waals surface area (Å²) >= 11 is 0. The van der Waals surface area contributed by atoms with E-state index in [0.29, 0.717) is 0 Å². The maximum Gasteiger partial charge on any atom is 0.0797 e. The highest BCUT2D eigenvalue weighted by molar-refractivity contribution is 4.91. The Morgan fingerprint density at radius 1 is 1.31 bits per heavy atom. The fraction of sp³-hybridized carbons (Fsp3) is 1.00. The quantitative estimate of drug-likeness (QED) is 0.705. The molecule has 0 aromatic rings. The lowest BCUT2D eigenvalue weighted by Crippen LogP contribution is -2.49. The van der Waals surface area contributed by atoms with Crippen molar-refractivity contribution in [1.82, 2.24) is 0 Å². The molecule has 0 radical (unpaired) electrons. The van der Waals surface area contributed by atoms with Crippen LogP contribution in [0.5, 0.6) is 0 Å². The number of unbranched alkanes of at least 4 members (excludes halogenated alkanes) is 1. The fourth-order valence-corrected chi connectivity index (χ4v) is 2.23. The van der Waals surface area contributed by atoms with Crippen molar-refractivity contribution in [2.75, 3.05) is 0 Å². The normalized spacial score (nSPS) is 24.2. The van der Waals surface area contributed by atoms with Gasteiger partial charge in [0.1, 0.15) is 0 Å². The molecule has 1 fully saturated rings. The SMILES string of the molecule is CCCCC(N)C1(O)CCCCC1. The van der Waals surface area contributed by atoms with Crippen molar-refractivity contribution >= 4 is 0 Å². The third kappa shape index (κ3) is 2.96. The van der Waals surface area contributed by atoms with Gasteiger partial charge in [0.2, 0.25) is 0 Å². The van der Waals surface area contributed by atoms with Crippen molar-refractivity contribution in [1.29, 1.82) is 0 Å². The van der Waals surface area contributed by atoms with Crippen molar-refractivity contribution in [2.24, 2.45) is 5.73 Å². The summed E-state index contributed by atoms with van der Waals surface area (Å²) < 4.78 is 0. The van der Waals surface area contributed by atoms with E-state index in [-0.39, 0.29) is 6.04 Å². The van der Waals surface area contributed by atoms with Gasteiger partial charge in [0, 0.05) is 6.04 Å². The van der Waals surface area contributed by atoms with Gasteiger partial charge < -0.3 is 10.8 Å². The van der Waals surface area contributed by atoms with Gasteiger partial charge in [-0.1, -0.05) is 39.0 Å². The van der Waals surface area contributed by atoms with E-state index in [1.807, 2.05) is 0 Å². The summed E-state index contributed by atoms with van der Waals surface area (Å²) in [6.45, 7) is 2.16. The Labute approximate surface area is 81.5 Å². The Kier molecular flexibility index (Phi) is 4.20. The third-order valence-electron chi connectivity index (χ3n) is 3.28. The first-order valence-corrected chi connectivity index (χ1v) is 5.67. The van der Waals surface area contributed by atoms with Crippen molar-refractivity contribution in [3.63, 3.8) is 0 Å². The molecule has 1 rings (SSSR count). The lowest BCUT2D eigenvalue weighted by Gasteiger charge is -2.37. The Morgan fingerprint density at radius 2 is 1.92 bits per heavy atom. The predicted octanol–water partition coefficient (Wildman–Crippen LogP) is 2.20. The van der Waals surface area contributed by atoms with E-state index in [1.54, 1.807) is 0 Å². The van der Waals surface area contributed by atoms with E-state index >= 15 is 0 Å². The highest BCUT2D eigenvalue weighted by Gasteiger charge is 2.34. The highest BCUT2D eigenvalue weighted by Crippen LogP contribution is 2.31. The van der Waals surface area contributed by atoms with Crippen LogP contribution >= 0.6 is 0 Å². The van der Waals surface area contributed by atoms with Gasteiger partial charge >= 0.3 is 0 Å². The molecule has 0 aromatic carbocycles. The second-order valence-corrected chi connectivity index (χ2v) is 4.41. The molecule has 0 amide bonds. The van der Waals surface area contributed by atoms with E-state index < -0.39 is 5.60 Å². The monoisotopic (exact) mass is 185 g/mol. The number of aliphatic hydroxyl groups is 1. The predicted molar refractivity (Wildman–Crippen MR) is 55.5 cm³/mol. The topological polar surface area (TPSA) is 46.2 Å². The van der Waals surface area contributed by atoms with E-state index in [9.17, 15) is 5.11 Å². The van der Waals surface area contributed by atoms with Crippen LogP contribution in [0.4, 0.5) is 0 Å². The summed E-state index contributed by atoms with van der Waals surface area (Å²) in [5.74, 6) is 0. The first-order valence-electron chi connectivity index (χ1n) is 5.67. The zero-order chi connectivity index (χ0) is 9.73. The van der Waals surface area contributed by atoms with Gasteiger partial charge in [0.25, 0.3) is 0 Å². The maximum absolute atomic E-state index is 10.2. The van der Waals surface area contributed by atoms with Crippen LogP contribution in [0.2, 0.25) is 0 Å². The Morgan fingerprint density at radius 3 is 2.46 bits per heavy atom. The second kappa shape index (κ2) is 4.97. The molecule has 1 unspecified atom stereocenters. The van der Waals surface area contributed by atoms with Gasteiger partial charge in [-0.15, -0.1) is 0 Å². The average Bonchev–Trinajstić information content (AvgIpc) is 2.15. The Balaban J connectivity index is 2.37. The zero-order valence-electron chi connectivity index (χ0n) is 8.76. The molecule has 0 spiro atoms. The lowest BCUT2D eigenvalue weighted by molar-refractivity contribution is -0.0219. The van der Waals surface area contributed by atoms with Crippen LogP contribution in [-0.4, -0.2) is 16.7 Å². The molecule has 2 nitrogen and oxygen atoms in total. The minimum Gasteiger partial charge on any atom is -0.388 e. The summed E-state index contributed by atoms with van der Waals surface area (Å²) in [6, 6.07) is 0.00718. The minimum atomic E-state index is -0.534. The molecule has 1 atom stereocenters. The van der Waals surface area contributed by atoms with Gasteiger partial charge in [0.05, 0.1) is 5.60 Å². The molecule has 0 bridgehead atoms. The fourth-order valence-electron chi connectivity index (χ4n) is 2.23. The average molecular weight is 185 g/mol. The minimum absolute atomic E-state index is 0.00718. The van der Waals surface area contributed by atoms with Crippen LogP contribution < -0.4 is 5.73 Å². The van der Waals surface area contributed by atoms with E-state index in [2.05, 4.69) is 6.92 Å². The van der Waals surface area contributed by atoms with Crippen LogP contribution in [0.15, 0.2) is 0 Å². The van der Waals surface area contributed by atoms with Gasteiger partial charge in [0.15, 0.2) is 0 Å². The summed E-state index contributed by atoms with van der Waals surface area (Å²) in [7, 11) is 0. The van der Waals surface area contributed by atoms with E-state index in [4.69, 9.17) is 5.73 Å². The molecular formula is C11H23NO. The van der Waals surface area contributed by atoms with Crippen LogP contribution in [0, 0.1) is 0 Å². The van der Waals surface area contributed by atoms with Crippen molar-refractivity contribution in [3.8, 4) is 0 Å². The third-order valence-corrected chi connectivity index (χ3v) is 3.28. The molecule has 0 heterocycles. The summed E-state index contributed by atoms with van der Waals surface area (Å²) in [5, 5.41) is 10.2. The molecule has 2 heteroatoms. The highest BCUT2D eigenvalue weighted by atomic mass is 16.3. The number of rotatable bonds is 4. The number of nitrogens with two attached hydrogens (primary N) is 1. The summed E-state index contributed by atoms with van der Waals surface area (Å²) in [5.41, 5.74) is 5.48. The first-order chi connectivity index (χ1) is 6.19. The molecule has 78 valence electrons. The molecular weight excluding hydrogens is 162 g/mol. The molecule has 0 saturated heterocycles. The Hall–Kier alpha value is -0.0800. The van der Waals surface area contributed by atoms with Crippen molar-refractivity contribution in [3.05, 3.63) is 0 Å². The van der Waals surface area contributed by atoms with E-state index in [1.165, 1.54) is 12.8 Å². The lowest BCUT2D eigenvalue weighted by atomic mass is 9.78. The van der Waals surface area contributed by atoms with Gasteiger partial charge in [-0.2, -0.15) is 0 Å². The first kappa shape index (κ1) is 11.0. The van der Waals surface area contributed by atoms with E-state index in [0.717, 1.165) is 38.5 Å². The molecule has 13 heavy (non-hydrogen) atoms. The second-order valence-electron chi connectivity index (χ2n) is 4.41. The van der Waals surface area contributed by atoms with Gasteiger partial charge in [-0.05, 0) is 19.3 Å². The molecule has 1 aliphatic carbocycles. The van der Waals surface area contributed by atoms with Gasteiger partial charge in [-0.3, -0.25) is 0 Å². The van der Waals surface area contributed by atoms with Crippen LogP contribution in [0.3, 0.4) is 0 Å².